The van der Waals surface area contributed by atoms with Crippen LogP contribution in [-0.2, 0) is 11.3 Å². The first-order chi connectivity index (χ1) is 16.6. The average Bonchev–Trinajstić information content (AvgIpc) is 3.32. The standard InChI is InChI=1S/C25H33N7OS/c1-4-29(5-2)21-12-10-20(11-13-21)24-27-28-25(32(24)6-3)34-19-23(33)31-17-15-30(16-18-31)22-9-7-8-14-26-22/h7-14H,4-6,15-19H2,1-3H3. The Kier molecular flexibility index (Phi) is 8.05. The minimum Gasteiger partial charge on any atom is -0.372 e. The highest BCUT2D eigenvalue weighted by atomic mass is 32.2. The molecule has 1 aliphatic rings. The monoisotopic (exact) mass is 479 g/mol. The van der Waals surface area contributed by atoms with Gasteiger partial charge in [0.1, 0.15) is 5.82 Å². The Balaban J connectivity index is 1.35. The molecule has 8 nitrogen and oxygen atoms in total. The van der Waals surface area contributed by atoms with Crippen LogP contribution in [0.4, 0.5) is 11.5 Å². The minimum atomic E-state index is 0.140. The number of thioether (sulfide) groups is 1. The third-order valence-electron chi connectivity index (χ3n) is 6.22. The molecule has 0 bridgehead atoms. The molecule has 0 unspecified atom stereocenters. The predicted molar refractivity (Wildman–Crippen MR) is 138 cm³/mol. The van der Waals surface area contributed by atoms with Gasteiger partial charge in [0.2, 0.25) is 5.91 Å². The van der Waals surface area contributed by atoms with E-state index in [1.807, 2.05) is 23.1 Å². The molecule has 1 amide bonds. The quantitative estimate of drug-likeness (QED) is 0.434. The van der Waals surface area contributed by atoms with Crippen molar-refractivity contribution in [2.75, 3.05) is 54.8 Å². The van der Waals surface area contributed by atoms with Crippen molar-refractivity contribution in [1.82, 2.24) is 24.6 Å². The lowest BCUT2D eigenvalue weighted by atomic mass is 10.2. The van der Waals surface area contributed by atoms with Gasteiger partial charge in [-0.1, -0.05) is 17.8 Å². The second kappa shape index (κ2) is 11.4. The molecule has 0 N–H and O–H groups in total. The topological polar surface area (TPSA) is 70.4 Å². The van der Waals surface area contributed by atoms with Gasteiger partial charge in [-0.2, -0.15) is 0 Å². The van der Waals surface area contributed by atoms with E-state index in [0.717, 1.165) is 55.1 Å². The summed E-state index contributed by atoms with van der Waals surface area (Å²) in [5.74, 6) is 2.31. The molecule has 3 aromatic rings. The van der Waals surface area contributed by atoms with Crippen LogP contribution in [0.25, 0.3) is 11.4 Å². The Labute approximate surface area is 206 Å². The van der Waals surface area contributed by atoms with E-state index in [1.165, 1.54) is 17.4 Å². The summed E-state index contributed by atoms with van der Waals surface area (Å²) >= 11 is 1.47. The van der Waals surface area contributed by atoms with E-state index in [1.54, 1.807) is 6.20 Å². The van der Waals surface area contributed by atoms with Gasteiger partial charge in [0.15, 0.2) is 11.0 Å². The van der Waals surface area contributed by atoms with Gasteiger partial charge in [-0.05, 0) is 57.2 Å². The number of nitrogens with zero attached hydrogens (tertiary/aromatic N) is 7. The van der Waals surface area contributed by atoms with Crippen LogP contribution in [0.5, 0.6) is 0 Å². The molecule has 0 radical (unpaired) electrons. The normalized spacial score (nSPS) is 13.9. The molecule has 3 heterocycles. The number of hydrogen-bond acceptors (Lipinski definition) is 7. The molecular weight excluding hydrogens is 446 g/mol. The number of benzene rings is 1. The highest BCUT2D eigenvalue weighted by molar-refractivity contribution is 7.99. The molecule has 180 valence electrons. The number of amides is 1. The zero-order valence-electron chi connectivity index (χ0n) is 20.2. The summed E-state index contributed by atoms with van der Waals surface area (Å²) in [5, 5.41) is 9.63. The third-order valence-corrected chi connectivity index (χ3v) is 7.17. The maximum absolute atomic E-state index is 12.9. The van der Waals surface area contributed by atoms with Crippen molar-refractivity contribution in [1.29, 1.82) is 0 Å². The summed E-state index contributed by atoms with van der Waals surface area (Å²) in [5.41, 5.74) is 2.24. The highest BCUT2D eigenvalue weighted by Gasteiger charge is 2.23. The van der Waals surface area contributed by atoms with E-state index in [9.17, 15) is 4.79 Å². The maximum atomic E-state index is 12.9. The van der Waals surface area contributed by atoms with Gasteiger partial charge in [-0.15, -0.1) is 10.2 Å². The fourth-order valence-electron chi connectivity index (χ4n) is 4.25. The molecule has 1 aromatic carbocycles. The van der Waals surface area contributed by atoms with Crippen molar-refractivity contribution in [2.24, 2.45) is 0 Å². The van der Waals surface area contributed by atoms with Crippen LogP contribution in [-0.4, -0.2) is 75.6 Å². The lowest BCUT2D eigenvalue weighted by molar-refractivity contribution is -0.128. The van der Waals surface area contributed by atoms with Gasteiger partial charge in [0.05, 0.1) is 5.75 Å². The number of aromatic nitrogens is 4. The molecule has 4 rings (SSSR count). The number of carbonyl (C=O) groups is 1. The largest absolute Gasteiger partial charge is 0.372 e. The molecule has 0 saturated carbocycles. The second-order valence-electron chi connectivity index (χ2n) is 8.11. The van der Waals surface area contributed by atoms with E-state index in [-0.39, 0.29) is 5.91 Å². The van der Waals surface area contributed by atoms with Gasteiger partial charge in [-0.25, -0.2) is 4.98 Å². The molecule has 9 heteroatoms. The van der Waals surface area contributed by atoms with Crippen molar-refractivity contribution in [2.45, 2.75) is 32.5 Å². The first-order valence-electron chi connectivity index (χ1n) is 12.0. The van der Waals surface area contributed by atoms with Crippen LogP contribution in [0, 0.1) is 0 Å². The second-order valence-corrected chi connectivity index (χ2v) is 9.06. The fourth-order valence-corrected chi connectivity index (χ4v) is 5.15. The molecular formula is C25H33N7OS. The summed E-state index contributed by atoms with van der Waals surface area (Å²) in [4.78, 5) is 23.8. The Morgan fingerprint density at radius 3 is 2.32 bits per heavy atom. The lowest BCUT2D eigenvalue weighted by Gasteiger charge is -2.35. The Morgan fingerprint density at radius 1 is 0.971 bits per heavy atom. The molecule has 1 saturated heterocycles. The van der Waals surface area contributed by atoms with E-state index in [0.29, 0.717) is 18.8 Å². The SMILES string of the molecule is CCN(CC)c1ccc(-c2nnc(SCC(=O)N3CCN(c4ccccn4)CC3)n2CC)cc1. The number of rotatable bonds is 9. The predicted octanol–water partition coefficient (Wildman–Crippen LogP) is 3.65. The zero-order chi connectivity index (χ0) is 23.9. The van der Waals surface area contributed by atoms with Crippen molar-refractivity contribution in [3.63, 3.8) is 0 Å². The van der Waals surface area contributed by atoms with Crippen LogP contribution >= 0.6 is 11.8 Å². The molecule has 0 aliphatic carbocycles. The smallest absolute Gasteiger partial charge is 0.233 e. The molecule has 0 spiro atoms. The van der Waals surface area contributed by atoms with Crippen LogP contribution in [0.3, 0.4) is 0 Å². The third kappa shape index (κ3) is 5.35. The Morgan fingerprint density at radius 2 is 1.71 bits per heavy atom. The summed E-state index contributed by atoms with van der Waals surface area (Å²) in [6.45, 7) is 12.1. The van der Waals surface area contributed by atoms with E-state index in [4.69, 9.17) is 0 Å². The fraction of sp³-hybridized carbons (Fsp3) is 0.440. The molecule has 1 aliphatic heterocycles. The van der Waals surface area contributed by atoms with Gasteiger partial charge in [0.25, 0.3) is 0 Å². The van der Waals surface area contributed by atoms with Crippen molar-refractivity contribution < 1.29 is 4.79 Å². The van der Waals surface area contributed by atoms with Crippen molar-refractivity contribution >= 4 is 29.2 Å². The van der Waals surface area contributed by atoms with Crippen molar-refractivity contribution in [3.8, 4) is 11.4 Å². The van der Waals surface area contributed by atoms with Crippen LogP contribution in [0.1, 0.15) is 20.8 Å². The number of piperazine rings is 1. The number of hydrogen-bond donors (Lipinski definition) is 0. The maximum Gasteiger partial charge on any atom is 0.233 e. The molecule has 34 heavy (non-hydrogen) atoms. The van der Waals surface area contributed by atoms with Gasteiger partial charge >= 0.3 is 0 Å². The lowest BCUT2D eigenvalue weighted by Crippen LogP contribution is -2.49. The number of carbonyl (C=O) groups excluding carboxylic acids is 1. The van der Waals surface area contributed by atoms with E-state index < -0.39 is 0 Å². The molecule has 1 fully saturated rings. The average molecular weight is 480 g/mol. The van der Waals surface area contributed by atoms with Gasteiger partial charge in [-0.3, -0.25) is 4.79 Å². The first kappa shape index (κ1) is 24.1. The number of anilines is 2. The van der Waals surface area contributed by atoms with Crippen molar-refractivity contribution in [3.05, 3.63) is 48.7 Å². The molecule has 0 atom stereocenters. The van der Waals surface area contributed by atoms with Crippen LogP contribution < -0.4 is 9.80 Å². The first-order valence-corrected chi connectivity index (χ1v) is 13.0. The van der Waals surface area contributed by atoms with E-state index >= 15 is 0 Å². The number of pyridine rings is 1. The van der Waals surface area contributed by atoms with Crippen LogP contribution in [0.2, 0.25) is 0 Å². The van der Waals surface area contributed by atoms with Crippen LogP contribution in [0.15, 0.2) is 53.8 Å². The zero-order valence-corrected chi connectivity index (χ0v) is 21.0. The summed E-state index contributed by atoms with van der Waals surface area (Å²) in [6, 6.07) is 14.4. The Hall–Kier alpha value is -3.07. The van der Waals surface area contributed by atoms with Gasteiger partial charge in [0, 0.05) is 63.3 Å². The highest BCUT2D eigenvalue weighted by Crippen LogP contribution is 2.26. The Bertz CT molecular complexity index is 1060. The minimum absolute atomic E-state index is 0.140. The van der Waals surface area contributed by atoms with Gasteiger partial charge < -0.3 is 19.3 Å². The molecule has 2 aromatic heterocycles. The summed E-state index contributed by atoms with van der Waals surface area (Å²) < 4.78 is 2.09. The summed E-state index contributed by atoms with van der Waals surface area (Å²) in [7, 11) is 0. The summed E-state index contributed by atoms with van der Waals surface area (Å²) in [6.07, 6.45) is 1.81. The van der Waals surface area contributed by atoms with E-state index in [2.05, 4.69) is 74.6 Å².